The number of benzene rings is 1. The lowest BCUT2D eigenvalue weighted by atomic mass is 9.96. The number of dihydropyridines is 1. The van der Waals surface area contributed by atoms with Crippen molar-refractivity contribution in [2.24, 2.45) is 9.98 Å². The van der Waals surface area contributed by atoms with Gasteiger partial charge in [0.25, 0.3) is 0 Å². The van der Waals surface area contributed by atoms with Crippen LogP contribution in [0.3, 0.4) is 0 Å². The molecule has 1 saturated heterocycles. The normalized spacial score (nSPS) is 21.5. The van der Waals surface area contributed by atoms with Gasteiger partial charge in [0.1, 0.15) is 5.82 Å². The van der Waals surface area contributed by atoms with Gasteiger partial charge in [-0.2, -0.15) is 0 Å². The van der Waals surface area contributed by atoms with Gasteiger partial charge in [-0.15, -0.1) is 0 Å². The van der Waals surface area contributed by atoms with Crippen molar-refractivity contribution in [3.63, 3.8) is 0 Å². The van der Waals surface area contributed by atoms with E-state index in [9.17, 15) is 4.79 Å². The average Bonchev–Trinajstić information content (AvgIpc) is 2.89. The van der Waals surface area contributed by atoms with Crippen molar-refractivity contribution in [3.05, 3.63) is 66.4 Å². The van der Waals surface area contributed by atoms with Gasteiger partial charge in [0.05, 0.1) is 30.2 Å². The summed E-state index contributed by atoms with van der Waals surface area (Å²) >= 11 is 0. The highest BCUT2D eigenvalue weighted by Gasteiger charge is 2.21. The van der Waals surface area contributed by atoms with Crippen molar-refractivity contribution >= 4 is 41.1 Å². The van der Waals surface area contributed by atoms with Gasteiger partial charge in [-0.25, -0.2) is 9.98 Å². The number of pyridine rings is 1. The third kappa shape index (κ3) is 5.25. The Hall–Kier alpha value is -3.98. The second-order valence-corrected chi connectivity index (χ2v) is 8.85. The monoisotopic (exact) mass is 470 g/mol. The summed E-state index contributed by atoms with van der Waals surface area (Å²) in [5.74, 6) is 0.773. The molecule has 0 radical (unpaired) electrons. The van der Waals surface area contributed by atoms with Gasteiger partial charge in [-0.05, 0) is 30.8 Å². The van der Waals surface area contributed by atoms with E-state index < -0.39 is 0 Å². The molecule has 3 aliphatic heterocycles. The number of piperazine rings is 1. The molecule has 2 aromatic rings. The van der Waals surface area contributed by atoms with E-state index in [2.05, 4.69) is 66.5 Å². The number of amides is 1. The van der Waals surface area contributed by atoms with Crippen molar-refractivity contribution < 1.29 is 4.79 Å². The first-order valence-electron chi connectivity index (χ1n) is 11.8. The quantitative estimate of drug-likeness (QED) is 0.560. The summed E-state index contributed by atoms with van der Waals surface area (Å²) in [7, 11) is 2.15. The molecule has 4 heterocycles. The summed E-state index contributed by atoms with van der Waals surface area (Å²) in [5.41, 5.74) is 4.97. The summed E-state index contributed by atoms with van der Waals surface area (Å²) in [6.45, 7) is 8.14. The van der Waals surface area contributed by atoms with Gasteiger partial charge in [0.15, 0.2) is 6.29 Å². The third-order valence-corrected chi connectivity index (χ3v) is 6.37. The van der Waals surface area contributed by atoms with Crippen LogP contribution >= 0.6 is 0 Å². The summed E-state index contributed by atoms with van der Waals surface area (Å²) < 4.78 is 0. The molecule has 0 spiro atoms. The van der Waals surface area contributed by atoms with Gasteiger partial charge >= 0.3 is 0 Å². The molecule has 0 aliphatic carbocycles. The maximum Gasteiger partial charge on any atom is 0.244 e. The molecule has 2 unspecified atom stereocenters. The fourth-order valence-electron chi connectivity index (χ4n) is 4.41. The third-order valence-electron chi connectivity index (χ3n) is 6.37. The number of nitrogens with zero attached hydrogens (tertiary/aromatic N) is 5. The second kappa shape index (κ2) is 10.1. The number of rotatable bonds is 6. The predicted molar refractivity (Wildman–Crippen MR) is 142 cm³/mol. The van der Waals surface area contributed by atoms with Crippen LogP contribution in [0.5, 0.6) is 0 Å². The van der Waals surface area contributed by atoms with E-state index in [0.29, 0.717) is 6.54 Å². The number of aliphatic imine (C=N–C) groups is 2. The Bertz CT molecular complexity index is 1180. The molecule has 3 aliphatic rings. The number of carbonyl (C=O) groups excluding carboxylic acids is 1. The van der Waals surface area contributed by atoms with E-state index in [1.165, 1.54) is 6.08 Å². The van der Waals surface area contributed by atoms with Crippen LogP contribution in [0, 0.1) is 0 Å². The second-order valence-electron chi connectivity index (χ2n) is 8.85. The molecule has 9 nitrogen and oxygen atoms in total. The van der Waals surface area contributed by atoms with Gasteiger partial charge < -0.3 is 25.8 Å². The SMILES string of the molecule is C=CC(=O)NC1C=NCC(c2cccc3c2NC(Nc2ccc(N4CCN(C)CC4)nc2)N=C3)=C1. The Morgan fingerprint density at radius 2 is 2.06 bits per heavy atom. The van der Waals surface area contributed by atoms with Crippen LogP contribution in [0.4, 0.5) is 17.2 Å². The molecule has 1 fully saturated rings. The van der Waals surface area contributed by atoms with Gasteiger partial charge in [0, 0.05) is 49.7 Å². The standard InChI is InChI=1S/C26H30N8O/c1-3-24(35)30-21-13-19(14-27-16-21)22-6-4-5-18-15-29-26(32-25(18)22)31-20-7-8-23(28-17-20)34-11-9-33(2)10-12-34/h3-8,13,15-17,21,26,31-32H,1,9-12,14H2,2H3,(H,30,35). The molecular weight excluding hydrogens is 440 g/mol. The number of fused-ring (bicyclic) bond motifs is 1. The zero-order chi connectivity index (χ0) is 24.2. The Kier molecular flexibility index (Phi) is 6.58. The number of hydrogen-bond donors (Lipinski definition) is 3. The van der Waals surface area contributed by atoms with E-state index in [4.69, 9.17) is 0 Å². The zero-order valence-corrected chi connectivity index (χ0v) is 19.8. The predicted octanol–water partition coefficient (Wildman–Crippen LogP) is 2.21. The minimum absolute atomic E-state index is 0.226. The van der Waals surface area contributed by atoms with E-state index in [0.717, 1.165) is 60.1 Å². The van der Waals surface area contributed by atoms with Crippen molar-refractivity contribution in [3.8, 4) is 0 Å². The minimum Gasteiger partial charge on any atom is -0.354 e. The first-order chi connectivity index (χ1) is 17.1. The van der Waals surface area contributed by atoms with Crippen LogP contribution in [0.15, 0.2) is 65.2 Å². The fourth-order valence-corrected chi connectivity index (χ4v) is 4.41. The molecule has 180 valence electrons. The van der Waals surface area contributed by atoms with Gasteiger partial charge in [-0.3, -0.25) is 9.79 Å². The first kappa shape index (κ1) is 22.8. The molecule has 0 bridgehead atoms. The van der Waals surface area contributed by atoms with E-state index >= 15 is 0 Å². The molecule has 1 aromatic heterocycles. The van der Waals surface area contributed by atoms with Gasteiger partial charge in [-0.1, -0.05) is 30.9 Å². The average molecular weight is 471 g/mol. The first-order valence-corrected chi connectivity index (χ1v) is 11.8. The minimum atomic E-state index is -0.330. The lowest BCUT2D eigenvalue weighted by Gasteiger charge is -2.33. The molecule has 3 N–H and O–H groups in total. The van der Waals surface area contributed by atoms with Crippen LogP contribution in [0.1, 0.15) is 11.1 Å². The summed E-state index contributed by atoms with van der Waals surface area (Å²) in [6.07, 6.45) is 8.45. The Morgan fingerprint density at radius 3 is 2.83 bits per heavy atom. The smallest absolute Gasteiger partial charge is 0.244 e. The summed E-state index contributed by atoms with van der Waals surface area (Å²) in [5, 5.41) is 9.79. The molecule has 0 saturated carbocycles. The number of aromatic nitrogens is 1. The zero-order valence-electron chi connectivity index (χ0n) is 19.8. The topological polar surface area (TPSA) is 97.2 Å². The van der Waals surface area contributed by atoms with E-state index in [1.54, 1.807) is 6.21 Å². The van der Waals surface area contributed by atoms with E-state index in [-0.39, 0.29) is 18.2 Å². The molecule has 35 heavy (non-hydrogen) atoms. The number of para-hydroxylation sites is 1. The summed E-state index contributed by atoms with van der Waals surface area (Å²) in [6, 6.07) is 9.94. The highest BCUT2D eigenvalue weighted by atomic mass is 16.1. The maximum absolute atomic E-state index is 11.7. The number of likely N-dealkylation sites (N-methyl/N-ethyl adjacent to an activating group) is 1. The number of hydrogen-bond acceptors (Lipinski definition) is 8. The molecule has 1 amide bonds. The molecule has 5 rings (SSSR count). The Morgan fingerprint density at radius 1 is 1.20 bits per heavy atom. The molecule has 1 aromatic carbocycles. The highest BCUT2D eigenvalue weighted by Crippen LogP contribution is 2.31. The fraction of sp³-hybridized carbons (Fsp3) is 0.308. The lowest BCUT2D eigenvalue weighted by molar-refractivity contribution is -0.116. The van der Waals surface area contributed by atoms with Crippen LogP contribution in [-0.4, -0.2) is 80.3 Å². The van der Waals surface area contributed by atoms with Crippen LogP contribution in [0.2, 0.25) is 0 Å². The number of anilines is 3. The number of carbonyl (C=O) groups is 1. The van der Waals surface area contributed by atoms with Crippen LogP contribution in [0.25, 0.3) is 5.57 Å². The molecule has 2 atom stereocenters. The summed E-state index contributed by atoms with van der Waals surface area (Å²) in [4.78, 5) is 30.1. The maximum atomic E-state index is 11.7. The Balaban J connectivity index is 1.29. The lowest BCUT2D eigenvalue weighted by Crippen LogP contribution is -2.44. The highest BCUT2D eigenvalue weighted by molar-refractivity contribution is 5.97. The van der Waals surface area contributed by atoms with Crippen molar-refractivity contribution in [1.82, 2.24) is 15.2 Å². The van der Waals surface area contributed by atoms with Crippen LogP contribution in [-0.2, 0) is 4.79 Å². The van der Waals surface area contributed by atoms with Crippen molar-refractivity contribution in [2.75, 3.05) is 55.3 Å². The van der Waals surface area contributed by atoms with Crippen molar-refractivity contribution in [2.45, 2.75) is 12.3 Å². The molecule has 9 heteroatoms. The largest absolute Gasteiger partial charge is 0.354 e. The van der Waals surface area contributed by atoms with Crippen molar-refractivity contribution in [1.29, 1.82) is 0 Å². The van der Waals surface area contributed by atoms with Gasteiger partial charge in [0.2, 0.25) is 5.91 Å². The number of nitrogens with one attached hydrogen (secondary N) is 3. The molecular formula is C26H30N8O. The Labute approximate surface area is 205 Å². The van der Waals surface area contributed by atoms with Crippen LogP contribution < -0.4 is 20.9 Å². The van der Waals surface area contributed by atoms with E-state index in [1.807, 2.05) is 36.7 Å².